The van der Waals surface area contributed by atoms with Crippen molar-refractivity contribution in [2.24, 2.45) is 0 Å². The first-order valence-corrected chi connectivity index (χ1v) is 9.71. The Bertz CT molecular complexity index is 901. The topological polar surface area (TPSA) is 75.7 Å². The van der Waals surface area contributed by atoms with Crippen molar-refractivity contribution in [3.63, 3.8) is 0 Å². The van der Waals surface area contributed by atoms with Crippen LogP contribution in [0.4, 0.5) is 0 Å². The summed E-state index contributed by atoms with van der Waals surface area (Å²) in [7, 11) is -2.31. The first kappa shape index (κ1) is 18.1. The van der Waals surface area contributed by atoms with E-state index in [0.29, 0.717) is 18.1 Å². The Balaban J connectivity index is 1.85. The molecule has 2 aromatic carbocycles. The Morgan fingerprint density at radius 2 is 2.00 bits per heavy atom. The summed E-state index contributed by atoms with van der Waals surface area (Å²) in [6, 6.07) is 10.1. The standard InChI is InChI=1S/C17H19ClN2O4S/c1-24-17(21)10-15-11-20(7-6-19-15)25(22,23)16-5-3-12-8-14(18)4-2-13(12)9-16/h2-5,8-9,15,19H,6-7,10-11H2,1H3. The molecule has 25 heavy (non-hydrogen) atoms. The monoisotopic (exact) mass is 382 g/mol. The van der Waals surface area contributed by atoms with Crippen molar-refractivity contribution in [1.29, 1.82) is 0 Å². The van der Waals surface area contributed by atoms with Gasteiger partial charge in [-0.05, 0) is 35.0 Å². The van der Waals surface area contributed by atoms with Gasteiger partial charge in [0.15, 0.2) is 0 Å². The SMILES string of the molecule is COC(=O)CC1CN(S(=O)(=O)c2ccc3cc(Cl)ccc3c2)CCN1. The highest BCUT2D eigenvalue weighted by Crippen LogP contribution is 2.25. The highest BCUT2D eigenvalue weighted by atomic mass is 35.5. The first-order valence-electron chi connectivity index (χ1n) is 7.90. The van der Waals surface area contributed by atoms with Gasteiger partial charge in [-0.2, -0.15) is 4.31 Å². The van der Waals surface area contributed by atoms with E-state index in [2.05, 4.69) is 10.1 Å². The van der Waals surface area contributed by atoms with E-state index in [1.165, 1.54) is 11.4 Å². The molecule has 0 bridgehead atoms. The number of fused-ring (bicyclic) bond motifs is 1. The fourth-order valence-electron chi connectivity index (χ4n) is 2.94. The third-order valence-electron chi connectivity index (χ3n) is 4.27. The number of methoxy groups -OCH3 is 1. The number of benzene rings is 2. The summed E-state index contributed by atoms with van der Waals surface area (Å²) >= 11 is 5.97. The fraction of sp³-hybridized carbons (Fsp3) is 0.353. The highest BCUT2D eigenvalue weighted by molar-refractivity contribution is 7.89. The molecule has 1 aliphatic rings. The maximum atomic E-state index is 13.0. The number of carbonyl (C=O) groups is 1. The zero-order chi connectivity index (χ0) is 18.0. The van der Waals surface area contributed by atoms with Crippen LogP contribution in [0.1, 0.15) is 6.42 Å². The molecule has 134 valence electrons. The molecule has 0 aliphatic carbocycles. The molecule has 1 unspecified atom stereocenters. The van der Waals surface area contributed by atoms with Crippen molar-refractivity contribution in [3.05, 3.63) is 41.4 Å². The molecule has 1 fully saturated rings. The second kappa shape index (κ2) is 7.29. The number of hydrogen-bond acceptors (Lipinski definition) is 5. The van der Waals surface area contributed by atoms with E-state index in [9.17, 15) is 13.2 Å². The van der Waals surface area contributed by atoms with Crippen LogP contribution >= 0.6 is 11.6 Å². The van der Waals surface area contributed by atoms with Crippen molar-refractivity contribution in [3.8, 4) is 0 Å². The molecule has 3 rings (SSSR count). The average molecular weight is 383 g/mol. The highest BCUT2D eigenvalue weighted by Gasteiger charge is 2.31. The lowest BCUT2D eigenvalue weighted by Gasteiger charge is -2.32. The Hall–Kier alpha value is -1.67. The van der Waals surface area contributed by atoms with Gasteiger partial charge in [0.25, 0.3) is 0 Å². The van der Waals surface area contributed by atoms with Crippen molar-refractivity contribution in [1.82, 2.24) is 9.62 Å². The van der Waals surface area contributed by atoms with Gasteiger partial charge in [-0.15, -0.1) is 0 Å². The average Bonchev–Trinajstić information content (AvgIpc) is 2.61. The van der Waals surface area contributed by atoms with E-state index in [-0.39, 0.29) is 29.9 Å². The van der Waals surface area contributed by atoms with E-state index < -0.39 is 10.0 Å². The van der Waals surface area contributed by atoms with Gasteiger partial charge in [0.1, 0.15) is 0 Å². The number of esters is 1. The second-order valence-corrected chi connectivity index (χ2v) is 8.32. The van der Waals surface area contributed by atoms with E-state index in [1.807, 2.05) is 0 Å². The Kier molecular flexibility index (Phi) is 5.29. The molecule has 1 heterocycles. The summed E-state index contributed by atoms with van der Waals surface area (Å²) in [5, 5.41) is 5.46. The van der Waals surface area contributed by atoms with Crippen LogP contribution in [0, 0.1) is 0 Å². The van der Waals surface area contributed by atoms with Gasteiger partial charge in [-0.25, -0.2) is 8.42 Å². The zero-order valence-corrected chi connectivity index (χ0v) is 15.3. The molecule has 1 saturated heterocycles. The minimum Gasteiger partial charge on any atom is -0.469 e. The maximum Gasteiger partial charge on any atom is 0.307 e. The Labute approximate surface area is 151 Å². The molecule has 2 aromatic rings. The third-order valence-corrected chi connectivity index (χ3v) is 6.37. The van der Waals surface area contributed by atoms with Gasteiger partial charge in [-0.1, -0.05) is 23.7 Å². The zero-order valence-electron chi connectivity index (χ0n) is 13.7. The number of nitrogens with one attached hydrogen (secondary N) is 1. The number of piperazine rings is 1. The van der Waals surface area contributed by atoms with E-state index in [4.69, 9.17) is 11.6 Å². The van der Waals surface area contributed by atoms with Crippen molar-refractivity contribution in [2.75, 3.05) is 26.7 Å². The number of hydrogen-bond donors (Lipinski definition) is 1. The van der Waals surface area contributed by atoms with Crippen LogP contribution in [0.15, 0.2) is 41.3 Å². The van der Waals surface area contributed by atoms with Gasteiger partial charge in [0.05, 0.1) is 18.4 Å². The lowest BCUT2D eigenvalue weighted by molar-refractivity contribution is -0.141. The third kappa shape index (κ3) is 3.95. The van der Waals surface area contributed by atoms with Crippen LogP contribution in [-0.2, 0) is 19.6 Å². The molecule has 1 aliphatic heterocycles. The molecule has 6 nitrogen and oxygen atoms in total. The second-order valence-electron chi connectivity index (χ2n) is 5.95. The smallest absolute Gasteiger partial charge is 0.307 e. The van der Waals surface area contributed by atoms with Crippen molar-refractivity contribution < 1.29 is 17.9 Å². The molecule has 0 radical (unpaired) electrons. The van der Waals surface area contributed by atoms with E-state index >= 15 is 0 Å². The minimum absolute atomic E-state index is 0.138. The maximum absolute atomic E-state index is 13.0. The molecule has 1 atom stereocenters. The quantitative estimate of drug-likeness (QED) is 0.819. The molecule has 0 aromatic heterocycles. The molecular formula is C17H19ClN2O4S. The van der Waals surface area contributed by atoms with Crippen LogP contribution in [0.3, 0.4) is 0 Å². The van der Waals surface area contributed by atoms with Gasteiger partial charge in [-0.3, -0.25) is 4.79 Å². The first-order chi connectivity index (χ1) is 11.9. The van der Waals surface area contributed by atoms with Crippen LogP contribution in [0.2, 0.25) is 5.02 Å². The molecule has 0 saturated carbocycles. The lowest BCUT2D eigenvalue weighted by atomic mass is 10.1. The summed E-state index contributed by atoms with van der Waals surface area (Å²) in [6.07, 6.45) is 0.138. The summed E-state index contributed by atoms with van der Waals surface area (Å²) in [5.74, 6) is -0.362. The van der Waals surface area contributed by atoms with Crippen LogP contribution in [-0.4, -0.2) is 51.5 Å². The predicted octanol–water partition coefficient (Wildman–Crippen LogP) is 2.02. The molecular weight excluding hydrogens is 364 g/mol. The number of nitrogens with zero attached hydrogens (tertiary/aromatic N) is 1. The van der Waals surface area contributed by atoms with E-state index in [0.717, 1.165) is 10.8 Å². The summed E-state index contributed by atoms with van der Waals surface area (Å²) in [5.41, 5.74) is 0. The summed E-state index contributed by atoms with van der Waals surface area (Å²) in [4.78, 5) is 11.7. The van der Waals surface area contributed by atoms with Crippen LogP contribution in [0.5, 0.6) is 0 Å². The van der Waals surface area contributed by atoms with E-state index in [1.54, 1.807) is 36.4 Å². The largest absolute Gasteiger partial charge is 0.469 e. The van der Waals surface area contributed by atoms with Gasteiger partial charge < -0.3 is 10.1 Å². The Morgan fingerprint density at radius 1 is 1.28 bits per heavy atom. The molecule has 8 heteroatoms. The molecule has 0 amide bonds. The number of sulfonamides is 1. The molecule has 1 N–H and O–H groups in total. The lowest BCUT2D eigenvalue weighted by Crippen LogP contribution is -2.53. The summed E-state index contributed by atoms with van der Waals surface area (Å²) < 4.78 is 32.0. The Morgan fingerprint density at radius 3 is 2.76 bits per heavy atom. The number of carbonyl (C=O) groups excluding carboxylic acids is 1. The summed E-state index contributed by atoms with van der Waals surface area (Å²) in [6.45, 7) is 1.08. The number of rotatable bonds is 4. The van der Waals surface area contributed by atoms with Gasteiger partial charge >= 0.3 is 5.97 Å². The fourth-order valence-corrected chi connectivity index (χ4v) is 4.64. The molecule has 0 spiro atoms. The number of halogens is 1. The van der Waals surface area contributed by atoms with Gasteiger partial charge in [0.2, 0.25) is 10.0 Å². The normalized spacial score (nSPS) is 19.0. The predicted molar refractivity (Wildman–Crippen MR) is 96.1 cm³/mol. The number of ether oxygens (including phenoxy) is 1. The minimum atomic E-state index is -3.63. The van der Waals surface area contributed by atoms with Gasteiger partial charge in [0, 0.05) is 30.7 Å². The van der Waals surface area contributed by atoms with Crippen LogP contribution in [0.25, 0.3) is 10.8 Å². The van der Waals surface area contributed by atoms with Crippen molar-refractivity contribution >= 4 is 38.4 Å². The van der Waals surface area contributed by atoms with Crippen molar-refractivity contribution in [2.45, 2.75) is 17.4 Å². The van der Waals surface area contributed by atoms with Crippen LogP contribution < -0.4 is 5.32 Å².